The van der Waals surface area contributed by atoms with Crippen molar-refractivity contribution in [3.05, 3.63) is 58.9 Å². The monoisotopic (exact) mass is 308 g/mol. The molecule has 0 amide bonds. The van der Waals surface area contributed by atoms with E-state index in [1.54, 1.807) is 26.0 Å². The van der Waals surface area contributed by atoms with Crippen molar-refractivity contribution in [2.24, 2.45) is 5.73 Å². The minimum atomic E-state index is -3.76. The van der Waals surface area contributed by atoms with Crippen molar-refractivity contribution in [2.45, 2.75) is 25.3 Å². The number of benzene rings is 2. The SMILES string of the molecule is Cc1ccc(NS(=O)(=O)c2ccc(CN)cc2C)cc1F. The molecule has 0 atom stereocenters. The third-order valence-electron chi connectivity index (χ3n) is 3.19. The van der Waals surface area contributed by atoms with E-state index in [9.17, 15) is 12.8 Å². The lowest BCUT2D eigenvalue weighted by molar-refractivity contribution is 0.600. The minimum Gasteiger partial charge on any atom is -0.326 e. The van der Waals surface area contributed by atoms with E-state index in [1.165, 1.54) is 18.2 Å². The van der Waals surface area contributed by atoms with Crippen LogP contribution in [0.3, 0.4) is 0 Å². The molecule has 112 valence electrons. The molecule has 0 aliphatic rings. The molecule has 0 heterocycles. The highest BCUT2D eigenvalue weighted by molar-refractivity contribution is 7.92. The van der Waals surface area contributed by atoms with Gasteiger partial charge in [-0.05, 0) is 48.7 Å². The predicted octanol–water partition coefficient (Wildman–Crippen LogP) is 2.70. The maximum atomic E-state index is 13.5. The van der Waals surface area contributed by atoms with Crippen LogP contribution in [0.5, 0.6) is 0 Å². The van der Waals surface area contributed by atoms with Crippen molar-refractivity contribution in [1.29, 1.82) is 0 Å². The maximum Gasteiger partial charge on any atom is 0.262 e. The third-order valence-corrected chi connectivity index (χ3v) is 4.73. The highest BCUT2D eigenvalue weighted by Gasteiger charge is 2.17. The zero-order valence-corrected chi connectivity index (χ0v) is 12.7. The molecule has 6 heteroatoms. The van der Waals surface area contributed by atoms with Gasteiger partial charge in [0.15, 0.2) is 0 Å². The lowest BCUT2D eigenvalue weighted by Gasteiger charge is -2.12. The molecule has 0 spiro atoms. The van der Waals surface area contributed by atoms with E-state index in [4.69, 9.17) is 5.73 Å². The van der Waals surface area contributed by atoms with E-state index in [0.29, 0.717) is 17.7 Å². The van der Waals surface area contributed by atoms with Gasteiger partial charge >= 0.3 is 0 Å². The number of hydrogen-bond acceptors (Lipinski definition) is 3. The maximum absolute atomic E-state index is 13.5. The Hall–Kier alpha value is -1.92. The summed E-state index contributed by atoms with van der Waals surface area (Å²) in [6, 6.07) is 9.11. The molecule has 2 aromatic rings. The fourth-order valence-electron chi connectivity index (χ4n) is 2.01. The molecule has 2 rings (SSSR count). The molecule has 21 heavy (non-hydrogen) atoms. The molecular weight excluding hydrogens is 291 g/mol. The Morgan fingerprint density at radius 2 is 1.81 bits per heavy atom. The molecule has 2 aromatic carbocycles. The number of nitrogens with one attached hydrogen (secondary N) is 1. The second-order valence-electron chi connectivity index (χ2n) is 4.87. The molecular formula is C15H17FN2O2S. The first-order chi connectivity index (χ1) is 9.83. The first-order valence-corrected chi connectivity index (χ1v) is 7.90. The first-order valence-electron chi connectivity index (χ1n) is 6.42. The van der Waals surface area contributed by atoms with Crippen LogP contribution >= 0.6 is 0 Å². The Morgan fingerprint density at radius 1 is 1.10 bits per heavy atom. The summed E-state index contributed by atoms with van der Waals surface area (Å²) in [6.07, 6.45) is 0. The summed E-state index contributed by atoms with van der Waals surface area (Å²) >= 11 is 0. The topological polar surface area (TPSA) is 72.2 Å². The number of sulfonamides is 1. The minimum absolute atomic E-state index is 0.153. The van der Waals surface area contributed by atoms with Crippen LogP contribution in [-0.2, 0) is 16.6 Å². The van der Waals surface area contributed by atoms with Crippen molar-refractivity contribution in [3.8, 4) is 0 Å². The highest BCUT2D eigenvalue weighted by Crippen LogP contribution is 2.21. The molecule has 0 saturated heterocycles. The molecule has 0 aromatic heterocycles. The number of anilines is 1. The van der Waals surface area contributed by atoms with E-state index < -0.39 is 15.8 Å². The van der Waals surface area contributed by atoms with Crippen molar-refractivity contribution in [1.82, 2.24) is 0 Å². The summed E-state index contributed by atoms with van der Waals surface area (Å²) in [5.41, 5.74) is 7.63. The second kappa shape index (κ2) is 5.83. The Labute approximate surface area is 123 Å². The fourth-order valence-corrected chi connectivity index (χ4v) is 3.28. The number of rotatable bonds is 4. The van der Waals surface area contributed by atoms with Crippen LogP contribution in [-0.4, -0.2) is 8.42 Å². The van der Waals surface area contributed by atoms with Gasteiger partial charge in [0, 0.05) is 6.54 Å². The van der Waals surface area contributed by atoms with Crippen LogP contribution in [0.4, 0.5) is 10.1 Å². The highest BCUT2D eigenvalue weighted by atomic mass is 32.2. The van der Waals surface area contributed by atoms with Crippen LogP contribution < -0.4 is 10.5 Å². The molecule has 0 saturated carbocycles. The van der Waals surface area contributed by atoms with Gasteiger partial charge in [0.05, 0.1) is 10.6 Å². The van der Waals surface area contributed by atoms with Gasteiger partial charge in [0.1, 0.15) is 5.82 Å². The lowest BCUT2D eigenvalue weighted by atomic mass is 10.1. The van der Waals surface area contributed by atoms with Crippen LogP contribution in [0.15, 0.2) is 41.3 Å². The molecule has 0 radical (unpaired) electrons. The standard InChI is InChI=1S/C15H17FN2O2S/c1-10-3-5-13(8-14(10)16)18-21(19,20)15-6-4-12(9-17)7-11(15)2/h3-8,18H,9,17H2,1-2H3. The quantitative estimate of drug-likeness (QED) is 0.912. The van der Waals surface area contributed by atoms with Crippen molar-refractivity contribution < 1.29 is 12.8 Å². The summed E-state index contributed by atoms with van der Waals surface area (Å²) < 4.78 is 40.6. The van der Waals surface area contributed by atoms with Gasteiger partial charge in [-0.1, -0.05) is 18.2 Å². The van der Waals surface area contributed by atoms with Crippen molar-refractivity contribution >= 4 is 15.7 Å². The van der Waals surface area contributed by atoms with Gasteiger partial charge in [-0.3, -0.25) is 4.72 Å². The van der Waals surface area contributed by atoms with Crippen molar-refractivity contribution in [2.75, 3.05) is 4.72 Å². The first kappa shape index (κ1) is 15.5. The number of aryl methyl sites for hydroxylation is 2. The molecule has 0 bridgehead atoms. The van der Waals surface area contributed by atoms with Gasteiger partial charge in [-0.25, -0.2) is 12.8 Å². The van der Waals surface area contributed by atoms with E-state index in [2.05, 4.69) is 4.72 Å². The summed E-state index contributed by atoms with van der Waals surface area (Å²) in [4.78, 5) is 0.153. The summed E-state index contributed by atoms with van der Waals surface area (Å²) in [6.45, 7) is 3.66. The van der Waals surface area contributed by atoms with Crippen molar-refractivity contribution in [3.63, 3.8) is 0 Å². The molecule has 0 unspecified atom stereocenters. The molecule has 0 fully saturated rings. The van der Waals surface area contributed by atoms with Gasteiger partial charge in [-0.15, -0.1) is 0 Å². The molecule has 0 aliphatic heterocycles. The fraction of sp³-hybridized carbons (Fsp3) is 0.200. The Kier molecular flexibility index (Phi) is 4.29. The average Bonchev–Trinajstić information content (AvgIpc) is 2.42. The lowest BCUT2D eigenvalue weighted by Crippen LogP contribution is -2.15. The summed E-state index contributed by atoms with van der Waals surface area (Å²) in [5.74, 6) is -0.453. The van der Waals surface area contributed by atoms with E-state index in [0.717, 1.165) is 11.6 Å². The van der Waals surface area contributed by atoms with E-state index >= 15 is 0 Å². The zero-order valence-electron chi connectivity index (χ0n) is 11.9. The largest absolute Gasteiger partial charge is 0.326 e. The van der Waals surface area contributed by atoms with Crippen LogP contribution in [0.1, 0.15) is 16.7 Å². The third kappa shape index (κ3) is 3.40. The predicted molar refractivity (Wildman–Crippen MR) is 81.0 cm³/mol. The van der Waals surface area contributed by atoms with Crippen LogP contribution in [0.2, 0.25) is 0 Å². The van der Waals surface area contributed by atoms with Gasteiger partial charge in [0.2, 0.25) is 0 Å². The Morgan fingerprint density at radius 3 is 2.38 bits per heavy atom. The van der Waals surface area contributed by atoms with Gasteiger partial charge < -0.3 is 5.73 Å². The molecule has 0 aliphatic carbocycles. The van der Waals surface area contributed by atoms with Gasteiger partial charge in [0.25, 0.3) is 10.0 Å². The van der Waals surface area contributed by atoms with E-state index in [-0.39, 0.29) is 10.6 Å². The Balaban J connectivity index is 2.36. The zero-order chi connectivity index (χ0) is 15.6. The number of hydrogen-bond donors (Lipinski definition) is 2. The summed E-state index contributed by atoms with van der Waals surface area (Å²) in [5, 5.41) is 0. The number of nitrogens with two attached hydrogens (primary N) is 1. The summed E-state index contributed by atoms with van der Waals surface area (Å²) in [7, 11) is -3.76. The molecule has 4 nitrogen and oxygen atoms in total. The smallest absolute Gasteiger partial charge is 0.262 e. The normalized spacial score (nSPS) is 11.4. The Bertz CT molecular complexity index is 773. The van der Waals surface area contributed by atoms with Gasteiger partial charge in [-0.2, -0.15) is 0 Å². The average molecular weight is 308 g/mol. The van der Waals surface area contributed by atoms with E-state index in [1.807, 2.05) is 0 Å². The number of halogens is 1. The molecule has 3 N–H and O–H groups in total. The second-order valence-corrected chi connectivity index (χ2v) is 6.52. The van der Waals surface area contributed by atoms with Crippen LogP contribution in [0.25, 0.3) is 0 Å². The van der Waals surface area contributed by atoms with Crippen LogP contribution in [0, 0.1) is 19.7 Å².